The molecular weight excluding hydrogens is 238 g/mol. The number of nitrogens with one attached hydrogen (secondary N) is 1. The number of ether oxygens (including phenoxy) is 2. The molecule has 1 N–H and O–H groups in total. The fourth-order valence-corrected chi connectivity index (χ4v) is 2.68. The summed E-state index contributed by atoms with van der Waals surface area (Å²) in [5, 5.41) is 3.47. The minimum atomic E-state index is 0.0661. The highest BCUT2D eigenvalue weighted by Gasteiger charge is 2.34. The third-order valence-electron chi connectivity index (χ3n) is 4.16. The van der Waals surface area contributed by atoms with Gasteiger partial charge >= 0.3 is 0 Å². The minimum absolute atomic E-state index is 0.0661. The summed E-state index contributed by atoms with van der Waals surface area (Å²) in [5.74, 6) is 0.860. The van der Waals surface area contributed by atoms with Gasteiger partial charge in [-0.2, -0.15) is 0 Å². The van der Waals surface area contributed by atoms with Crippen molar-refractivity contribution < 1.29 is 9.47 Å². The Morgan fingerprint density at radius 2 is 1.84 bits per heavy atom. The molecule has 0 bridgehead atoms. The van der Waals surface area contributed by atoms with Crippen molar-refractivity contribution in [3.63, 3.8) is 0 Å². The maximum Gasteiger partial charge on any atom is 0.0807 e. The molecule has 1 saturated carbocycles. The van der Waals surface area contributed by atoms with E-state index in [1.807, 2.05) is 0 Å². The fraction of sp³-hybridized carbons (Fsp3) is 1.00. The molecule has 1 fully saturated rings. The molecule has 0 atom stereocenters. The van der Waals surface area contributed by atoms with Gasteiger partial charge in [-0.05, 0) is 44.6 Å². The molecule has 0 aromatic heterocycles. The maximum absolute atomic E-state index is 6.21. The summed E-state index contributed by atoms with van der Waals surface area (Å²) >= 11 is 0. The summed E-state index contributed by atoms with van der Waals surface area (Å²) in [6.45, 7) is 11.1. The van der Waals surface area contributed by atoms with Gasteiger partial charge in [0.1, 0.15) is 0 Å². The van der Waals surface area contributed by atoms with Gasteiger partial charge in [-0.25, -0.2) is 0 Å². The predicted octanol–water partition coefficient (Wildman–Crippen LogP) is 3.38. The number of hydrogen-bond donors (Lipinski definition) is 1. The SMILES string of the molecule is CCCCOCCOC1(CNCC)CCC(C)CC1. The zero-order valence-corrected chi connectivity index (χ0v) is 13.2. The number of rotatable bonds is 10. The van der Waals surface area contributed by atoms with Crippen molar-refractivity contribution in [3.05, 3.63) is 0 Å². The average Bonchev–Trinajstić information content (AvgIpc) is 2.43. The van der Waals surface area contributed by atoms with Crippen LogP contribution < -0.4 is 5.32 Å². The van der Waals surface area contributed by atoms with Crippen LogP contribution in [0, 0.1) is 5.92 Å². The fourth-order valence-electron chi connectivity index (χ4n) is 2.68. The first-order valence-electron chi connectivity index (χ1n) is 8.15. The number of hydrogen-bond acceptors (Lipinski definition) is 3. The first-order chi connectivity index (χ1) is 9.22. The standard InChI is InChI=1S/C16H33NO2/c1-4-6-11-18-12-13-19-16(14-17-5-2)9-7-15(3)8-10-16/h15,17H,4-14H2,1-3H3. The second-order valence-corrected chi connectivity index (χ2v) is 5.96. The second-order valence-electron chi connectivity index (χ2n) is 5.96. The van der Waals surface area contributed by atoms with Crippen LogP contribution in [0.25, 0.3) is 0 Å². The zero-order chi connectivity index (χ0) is 14.0. The average molecular weight is 271 g/mol. The predicted molar refractivity (Wildman–Crippen MR) is 80.6 cm³/mol. The van der Waals surface area contributed by atoms with Crippen LogP contribution in [0.15, 0.2) is 0 Å². The van der Waals surface area contributed by atoms with E-state index in [2.05, 4.69) is 26.1 Å². The summed E-state index contributed by atoms with van der Waals surface area (Å²) < 4.78 is 11.8. The molecule has 0 aromatic rings. The smallest absolute Gasteiger partial charge is 0.0807 e. The Bertz CT molecular complexity index is 207. The van der Waals surface area contributed by atoms with Crippen molar-refractivity contribution in [1.29, 1.82) is 0 Å². The van der Waals surface area contributed by atoms with Gasteiger partial charge < -0.3 is 14.8 Å². The van der Waals surface area contributed by atoms with Gasteiger partial charge in [-0.3, -0.25) is 0 Å². The molecule has 114 valence electrons. The van der Waals surface area contributed by atoms with Gasteiger partial charge in [0.2, 0.25) is 0 Å². The van der Waals surface area contributed by atoms with E-state index in [0.717, 1.165) is 45.2 Å². The molecular formula is C16H33NO2. The Balaban J connectivity index is 2.25. The van der Waals surface area contributed by atoms with Crippen molar-refractivity contribution >= 4 is 0 Å². The molecule has 0 saturated heterocycles. The van der Waals surface area contributed by atoms with Crippen LogP contribution in [0.1, 0.15) is 59.3 Å². The third-order valence-corrected chi connectivity index (χ3v) is 4.16. The lowest BCUT2D eigenvalue weighted by Crippen LogP contribution is -2.46. The van der Waals surface area contributed by atoms with Crippen LogP contribution in [0.2, 0.25) is 0 Å². The molecule has 0 aliphatic heterocycles. The third kappa shape index (κ3) is 6.73. The maximum atomic E-state index is 6.21. The second kappa shape index (κ2) is 9.73. The van der Waals surface area contributed by atoms with Gasteiger partial charge in [0.25, 0.3) is 0 Å². The Morgan fingerprint density at radius 1 is 1.11 bits per heavy atom. The van der Waals surface area contributed by atoms with Crippen LogP contribution in [0.4, 0.5) is 0 Å². The molecule has 0 spiro atoms. The Kier molecular flexibility index (Phi) is 8.67. The molecule has 0 amide bonds. The first-order valence-corrected chi connectivity index (χ1v) is 8.15. The molecule has 3 heteroatoms. The summed E-state index contributed by atoms with van der Waals surface area (Å²) in [6.07, 6.45) is 7.32. The number of likely N-dealkylation sites (N-methyl/N-ethyl adjacent to an activating group) is 1. The highest BCUT2D eigenvalue weighted by atomic mass is 16.5. The first kappa shape index (κ1) is 16.9. The number of unbranched alkanes of at least 4 members (excludes halogenated alkanes) is 1. The van der Waals surface area contributed by atoms with Gasteiger partial charge in [0.05, 0.1) is 18.8 Å². The molecule has 1 rings (SSSR count). The molecule has 0 heterocycles. The van der Waals surface area contributed by atoms with Gasteiger partial charge in [0, 0.05) is 13.2 Å². The van der Waals surface area contributed by atoms with E-state index in [-0.39, 0.29) is 5.60 Å². The van der Waals surface area contributed by atoms with Crippen molar-refractivity contribution in [2.24, 2.45) is 5.92 Å². The van der Waals surface area contributed by atoms with Crippen LogP contribution >= 0.6 is 0 Å². The topological polar surface area (TPSA) is 30.5 Å². The van der Waals surface area contributed by atoms with Crippen LogP contribution in [0.5, 0.6) is 0 Å². The van der Waals surface area contributed by atoms with Gasteiger partial charge in [-0.1, -0.05) is 27.2 Å². The Morgan fingerprint density at radius 3 is 2.47 bits per heavy atom. The zero-order valence-electron chi connectivity index (χ0n) is 13.2. The highest BCUT2D eigenvalue weighted by molar-refractivity contribution is 4.88. The van der Waals surface area contributed by atoms with Crippen LogP contribution in [-0.4, -0.2) is 38.5 Å². The lowest BCUT2D eigenvalue weighted by atomic mass is 9.79. The summed E-state index contributed by atoms with van der Waals surface area (Å²) in [6, 6.07) is 0. The van der Waals surface area contributed by atoms with Gasteiger partial charge in [0.15, 0.2) is 0 Å². The summed E-state index contributed by atoms with van der Waals surface area (Å²) in [5.41, 5.74) is 0.0661. The Hall–Kier alpha value is -0.120. The van der Waals surface area contributed by atoms with E-state index in [9.17, 15) is 0 Å². The normalized spacial score (nSPS) is 27.6. The van der Waals surface area contributed by atoms with Crippen molar-refractivity contribution in [1.82, 2.24) is 5.32 Å². The van der Waals surface area contributed by atoms with Crippen LogP contribution in [0.3, 0.4) is 0 Å². The molecule has 1 aliphatic carbocycles. The lowest BCUT2D eigenvalue weighted by Gasteiger charge is -2.39. The monoisotopic (exact) mass is 271 g/mol. The largest absolute Gasteiger partial charge is 0.379 e. The molecule has 1 aliphatic rings. The van der Waals surface area contributed by atoms with Crippen molar-refractivity contribution in [2.75, 3.05) is 32.9 Å². The molecule has 3 nitrogen and oxygen atoms in total. The molecule has 0 aromatic carbocycles. The Labute approximate surface area is 119 Å². The van der Waals surface area contributed by atoms with E-state index >= 15 is 0 Å². The summed E-state index contributed by atoms with van der Waals surface area (Å²) in [7, 11) is 0. The lowest BCUT2D eigenvalue weighted by molar-refractivity contribution is -0.0915. The molecule has 19 heavy (non-hydrogen) atoms. The van der Waals surface area contributed by atoms with E-state index in [1.54, 1.807) is 0 Å². The minimum Gasteiger partial charge on any atom is -0.379 e. The van der Waals surface area contributed by atoms with Crippen molar-refractivity contribution in [3.8, 4) is 0 Å². The quantitative estimate of drug-likeness (QED) is 0.618. The van der Waals surface area contributed by atoms with E-state index < -0.39 is 0 Å². The van der Waals surface area contributed by atoms with E-state index in [4.69, 9.17) is 9.47 Å². The van der Waals surface area contributed by atoms with Gasteiger partial charge in [-0.15, -0.1) is 0 Å². The van der Waals surface area contributed by atoms with Crippen LogP contribution in [-0.2, 0) is 9.47 Å². The van der Waals surface area contributed by atoms with Crippen molar-refractivity contribution in [2.45, 2.75) is 64.9 Å². The molecule has 0 unspecified atom stereocenters. The van der Waals surface area contributed by atoms with E-state index in [1.165, 1.54) is 32.1 Å². The molecule has 0 radical (unpaired) electrons. The summed E-state index contributed by atoms with van der Waals surface area (Å²) in [4.78, 5) is 0. The highest BCUT2D eigenvalue weighted by Crippen LogP contribution is 2.34. The van der Waals surface area contributed by atoms with E-state index in [0.29, 0.717) is 0 Å².